The molecule has 0 amide bonds. The number of fused-ring (bicyclic) bond motifs is 1. The number of rotatable bonds is 4. The van der Waals surface area contributed by atoms with Crippen molar-refractivity contribution in [1.82, 2.24) is 19.6 Å². The third-order valence-electron chi connectivity index (χ3n) is 4.35. The van der Waals surface area contributed by atoms with E-state index < -0.39 is 0 Å². The van der Waals surface area contributed by atoms with Crippen molar-refractivity contribution in [1.29, 1.82) is 0 Å². The summed E-state index contributed by atoms with van der Waals surface area (Å²) < 4.78 is 1.90. The van der Waals surface area contributed by atoms with Gasteiger partial charge in [0.05, 0.1) is 29.7 Å². The zero-order chi connectivity index (χ0) is 15.9. The molecule has 0 aliphatic heterocycles. The largest absolute Gasteiger partial charge is 0.391 e. The smallest absolute Gasteiger partial charge is 0.241 e. The van der Waals surface area contributed by atoms with Crippen molar-refractivity contribution >= 4 is 11.6 Å². The highest BCUT2D eigenvalue weighted by molar-refractivity contribution is 5.49. The predicted octanol–water partition coefficient (Wildman–Crippen LogP) is 2.70. The Morgan fingerprint density at radius 3 is 2.59 bits per heavy atom. The van der Waals surface area contributed by atoms with Crippen LogP contribution in [0.3, 0.4) is 0 Å². The topological polar surface area (TPSA) is 75.3 Å². The van der Waals surface area contributed by atoms with Crippen LogP contribution in [0.15, 0.2) is 6.20 Å². The van der Waals surface area contributed by atoms with E-state index in [1.165, 1.54) is 0 Å². The van der Waals surface area contributed by atoms with Gasteiger partial charge in [-0.3, -0.25) is 0 Å². The Morgan fingerprint density at radius 1 is 1.23 bits per heavy atom. The molecule has 1 saturated carbocycles. The fraction of sp³-hybridized carbons (Fsp3) is 0.688. The van der Waals surface area contributed by atoms with Crippen LogP contribution in [0.4, 0.5) is 5.95 Å². The lowest BCUT2D eigenvalue weighted by Crippen LogP contribution is -2.29. The van der Waals surface area contributed by atoms with Crippen molar-refractivity contribution in [2.45, 2.75) is 70.9 Å². The van der Waals surface area contributed by atoms with Crippen LogP contribution in [0.1, 0.15) is 70.2 Å². The molecular weight excluding hydrogens is 278 g/mol. The van der Waals surface area contributed by atoms with Gasteiger partial charge in [-0.15, -0.1) is 5.10 Å². The summed E-state index contributed by atoms with van der Waals surface area (Å²) in [5.41, 5.74) is 2.85. The Hall–Kier alpha value is -1.69. The van der Waals surface area contributed by atoms with Crippen molar-refractivity contribution in [3.05, 3.63) is 17.6 Å². The maximum atomic E-state index is 10.0. The molecule has 2 N–H and O–H groups in total. The Kier molecular flexibility index (Phi) is 4.04. The summed E-state index contributed by atoms with van der Waals surface area (Å²) >= 11 is 0. The molecule has 2 aromatic heterocycles. The number of imidazole rings is 1. The molecule has 0 bridgehead atoms. The molecule has 2 heterocycles. The maximum absolute atomic E-state index is 10.0. The van der Waals surface area contributed by atoms with E-state index in [9.17, 15) is 5.11 Å². The van der Waals surface area contributed by atoms with E-state index in [1.807, 2.05) is 10.7 Å². The van der Waals surface area contributed by atoms with Gasteiger partial charge in [-0.05, 0) is 31.1 Å². The molecule has 2 aromatic rings. The van der Waals surface area contributed by atoms with Crippen molar-refractivity contribution in [2.75, 3.05) is 5.32 Å². The van der Waals surface area contributed by atoms with Crippen LogP contribution in [0, 0.1) is 0 Å². The molecule has 0 aromatic carbocycles. The van der Waals surface area contributed by atoms with Crippen LogP contribution in [0.2, 0.25) is 0 Å². The number of aliphatic hydroxyl groups is 1. The number of aromatic nitrogens is 4. The molecule has 120 valence electrons. The van der Waals surface area contributed by atoms with E-state index in [0.717, 1.165) is 36.3 Å². The summed E-state index contributed by atoms with van der Waals surface area (Å²) in [6.45, 7) is 8.49. The van der Waals surface area contributed by atoms with Gasteiger partial charge < -0.3 is 10.4 Å². The number of anilines is 1. The third-order valence-corrected chi connectivity index (χ3v) is 4.35. The lowest BCUT2D eigenvalue weighted by atomic mass is 10.1. The van der Waals surface area contributed by atoms with Gasteiger partial charge in [-0.2, -0.15) is 0 Å². The van der Waals surface area contributed by atoms with Gasteiger partial charge in [0, 0.05) is 0 Å². The molecule has 0 spiro atoms. The minimum atomic E-state index is -0.311. The van der Waals surface area contributed by atoms with Crippen LogP contribution in [0.5, 0.6) is 0 Å². The quantitative estimate of drug-likeness (QED) is 0.908. The van der Waals surface area contributed by atoms with E-state index in [1.54, 1.807) is 0 Å². The molecule has 0 saturated heterocycles. The lowest BCUT2D eigenvalue weighted by molar-refractivity contribution is 0.171. The van der Waals surface area contributed by atoms with E-state index in [-0.39, 0.29) is 18.1 Å². The zero-order valence-corrected chi connectivity index (χ0v) is 13.7. The number of aliphatic hydroxyl groups excluding tert-OH is 1. The van der Waals surface area contributed by atoms with E-state index >= 15 is 0 Å². The van der Waals surface area contributed by atoms with E-state index in [4.69, 9.17) is 0 Å². The molecule has 1 aliphatic rings. The second kappa shape index (κ2) is 5.83. The molecule has 1 fully saturated rings. The normalized spacial score (nSPS) is 22.1. The van der Waals surface area contributed by atoms with Gasteiger partial charge >= 0.3 is 0 Å². The summed E-state index contributed by atoms with van der Waals surface area (Å²) in [5.74, 6) is 1.19. The lowest BCUT2D eigenvalue weighted by Gasteiger charge is -2.18. The molecule has 0 radical (unpaired) electrons. The van der Waals surface area contributed by atoms with Gasteiger partial charge in [-0.1, -0.05) is 27.7 Å². The fourth-order valence-corrected chi connectivity index (χ4v) is 3.04. The minimum absolute atomic E-state index is 0.0449. The first kappa shape index (κ1) is 15.2. The zero-order valence-electron chi connectivity index (χ0n) is 13.7. The van der Waals surface area contributed by atoms with Crippen molar-refractivity contribution in [3.8, 4) is 0 Å². The Labute approximate surface area is 131 Å². The Bertz CT molecular complexity index is 664. The van der Waals surface area contributed by atoms with Gasteiger partial charge in [0.25, 0.3) is 0 Å². The fourth-order valence-electron chi connectivity index (χ4n) is 3.04. The van der Waals surface area contributed by atoms with Gasteiger partial charge in [0.2, 0.25) is 5.95 Å². The number of nitrogens with one attached hydrogen (secondary N) is 1. The van der Waals surface area contributed by atoms with Crippen LogP contribution in [0.25, 0.3) is 5.65 Å². The predicted molar refractivity (Wildman–Crippen MR) is 86.2 cm³/mol. The van der Waals surface area contributed by atoms with E-state index in [0.29, 0.717) is 11.9 Å². The third kappa shape index (κ3) is 2.67. The molecule has 1 aliphatic carbocycles. The van der Waals surface area contributed by atoms with Crippen molar-refractivity contribution < 1.29 is 5.11 Å². The van der Waals surface area contributed by atoms with Crippen LogP contribution in [-0.4, -0.2) is 36.8 Å². The average Bonchev–Trinajstić information content (AvgIpc) is 3.04. The van der Waals surface area contributed by atoms with Gasteiger partial charge in [0.15, 0.2) is 5.65 Å². The van der Waals surface area contributed by atoms with Gasteiger partial charge in [-0.25, -0.2) is 14.5 Å². The molecule has 22 heavy (non-hydrogen) atoms. The van der Waals surface area contributed by atoms with Gasteiger partial charge in [0.1, 0.15) is 0 Å². The summed E-state index contributed by atoms with van der Waals surface area (Å²) in [6, 6.07) is 0.0449. The number of hydrogen-bond acceptors (Lipinski definition) is 5. The van der Waals surface area contributed by atoms with Crippen molar-refractivity contribution in [3.63, 3.8) is 0 Å². The first-order valence-corrected chi connectivity index (χ1v) is 8.17. The number of hydrogen-bond donors (Lipinski definition) is 2. The highest BCUT2D eigenvalue weighted by atomic mass is 16.3. The highest BCUT2D eigenvalue weighted by Crippen LogP contribution is 2.25. The minimum Gasteiger partial charge on any atom is -0.391 e. The summed E-state index contributed by atoms with van der Waals surface area (Å²) in [6.07, 6.45) is 4.42. The van der Waals surface area contributed by atoms with Crippen LogP contribution >= 0.6 is 0 Å². The first-order valence-electron chi connectivity index (χ1n) is 8.17. The molecule has 2 atom stereocenters. The Balaban J connectivity index is 2.04. The van der Waals surface area contributed by atoms with Crippen molar-refractivity contribution in [2.24, 2.45) is 0 Å². The maximum Gasteiger partial charge on any atom is 0.241 e. The molecule has 6 nitrogen and oxygen atoms in total. The van der Waals surface area contributed by atoms with E-state index in [2.05, 4.69) is 48.1 Å². The standard InChI is InChI=1S/C16H25N5O/c1-9(2)12-8-17-15-14(10(3)4)19-16(20-21(12)15)18-11-6-5-7-13(11)22/h8-11,13,22H,5-7H2,1-4H3,(H,18,20)/t11-,13+/m0/s1. The second-order valence-electron chi connectivity index (χ2n) is 6.80. The molecular formula is C16H25N5O. The SMILES string of the molecule is CC(C)c1nc(N[C@H]2CCC[C@H]2O)nn2c(C(C)C)cnc12. The summed E-state index contributed by atoms with van der Waals surface area (Å²) in [5, 5.41) is 17.9. The highest BCUT2D eigenvalue weighted by Gasteiger charge is 2.26. The summed E-state index contributed by atoms with van der Waals surface area (Å²) in [4.78, 5) is 9.16. The Morgan fingerprint density at radius 2 is 2.00 bits per heavy atom. The monoisotopic (exact) mass is 303 g/mol. The molecule has 6 heteroatoms. The first-order chi connectivity index (χ1) is 10.5. The van der Waals surface area contributed by atoms with Crippen LogP contribution in [-0.2, 0) is 0 Å². The second-order valence-corrected chi connectivity index (χ2v) is 6.80. The summed E-state index contributed by atoms with van der Waals surface area (Å²) in [7, 11) is 0. The average molecular weight is 303 g/mol. The van der Waals surface area contributed by atoms with Crippen LogP contribution < -0.4 is 5.32 Å². The molecule has 3 rings (SSSR count). The number of nitrogens with zero attached hydrogens (tertiary/aromatic N) is 4. The molecule has 0 unspecified atom stereocenters.